The molecule has 0 saturated carbocycles. The molecule has 7 heteroatoms. The van der Waals surface area contributed by atoms with Gasteiger partial charge in [-0.1, -0.05) is 19.1 Å². The number of rotatable bonds is 6. The third-order valence-corrected chi connectivity index (χ3v) is 4.05. The monoisotopic (exact) mass is 320 g/mol. The van der Waals surface area contributed by atoms with E-state index in [1.165, 1.54) is 7.11 Å². The smallest absolute Gasteiger partial charge is 0.347 e. The van der Waals surface area contributed by atoms with Crippen molar-refractivity contribution in [3.05, 3.63) is 39.8 Å². The molecule has 0 fully saturated rings. The number of benzene rings is 1. The molecular formula is C15H16N2O4S. The zero-order valence-corrected chi connectivity index (χ0v) is 13.1. The van der Waals surface area contributed by atoms with Crippen LogP contribution < -0.4 is 10.1 Å². The van der Waals surface area contributed by atoms with E-state index >= 15 is 0 Å². The Balaban J connectivity index is 2.11. The molecule has 0 aliphatic heterocycles. The van der Waals surface area contributed by atoms with E-state index in [-0.39, 0.29) is 17.2 Å². The molecule has 0 atom stereocenters. The summed E-state index contributed by atoms with van der Waals surface area (Å²) in [6.07, 6.45) is 0.551. The first-order valence-corrected chi connectivity index (χ1v) is 7.51. The van der Waals surface area contributed by atoms with E-state index in [4.69, 9.17) is 9.84 Å². The summed E-state index contributed by atoms with van der Waals surface area (Å²) in [6.45, 7) is 1.83. The van der Waals surface area contributed by atoms with E-state index in [2.05, 4.69) is 10.3 Å². The highest BCUT2D eigenvalue weighted by atomic mass is 32.1. The molecule has 0 radical (unpaired) electrons. The number of amides is 1. The van der Waals surface area contributed by atoms with Crippen LogP contribution in [0.1, 0.15) is 27.3 Å². The topological polar surface area (TPSA) is 88.5 Å². The Hall–Kier alpha value is -2.41. The van der Waals surface area contributed by atoms with Crippen molar-refractivity contribution in [1.82, 2.24) is 4.98 Å². The molecule has 0 bridgehead atoms. The molecule has 0 aliphatic carbocycles. The van der Waals surface area contributed by atoms with E-state index in [1.54, 1.807) is 18.2 Å². The normalized spacial score (nSPS) is 10.3. The first-order chi connectivity index (χ1) is 10.5. The van der Waals surface area contributed by atoms with Gasteiger partial charge in [-0.3, -0.25) is 4.79 Å². The molecule has 0 saturated heterocycles. The molecule has 1 aromatic carbocycles. The number of hydrogen-bond acceptors (Lipinski definition) is 5. The number of aromatic nitrogens is 1. The van der Waals surface area contributed by atoms with Gasteiger partial charge in [0.25, 0.3) is 0 Å². The minimum atomic E-state index is -1.01. The van der Waals surface area contributed by atoms with Gasteiger partial charge >= 0.3 is 5.97 Å². The van der Waals surface area contributed by atoms with Crippen LogP contribution in [0.4, 0.5) is 5.69 Å². The first-order valence-electron chi connectivity index (χ1n) is 6.69. The second-order valence-electron chi connectivity index (χ2n) is 4.47. The molecule has 1 aromatic heterocycles. The van der Waals surface area contributed by atoms with Gasteiger partial charge in [0.05, 0.1) is 24.9 Å². The number of aromatic carboxylic acids is 1. The van der Waals surface area contributed by atoms with E-state index in [9.17, 15) is 9.59 Å². The molecule has 2 N–H and O–H groups in total. The van der Waals surface area contributed by atoms with Crippen LogP contribution >= 0.6 is 11.3 Å². The zero-order chi connectivity index (χ0) is 16.1. The van der Waals surface area contributed by atoms with E-state index in [1.807, 2.05) is 13.0 Å². The number of nitrogens with one attached hydrogen (secondary N) is 1. The maximum Gasteiger partial charge on any atom is 0.347 e. The molecular weight excluding hydrogens is 304 g/mol. The lowest BCUT2D eigenvalue weighted by Gasteiger charge is -2.08. The molecule has 0 unspecified atom stereocenters. The molecule has 116 valence electrons. The third-order valence-electron chi connectivity index (χ3n) is 2.96. The van der Waals surface area contributed by atoms with Crippen LogP contribution in [0.5, 0.6) is 5.75 Å². The van der Waals surface area contributed by atoms with Crippen LogP contribution in [-0.4, -0.2) is 29.1 Å². The molecule has 0 spiro atoms. The van der Waals surface area contributed by atoms with Gasteiger partial charge in [-0.2, -0.15) is 0 Å². The van der Waals surface area contributed by atoms with Gasteiger partial charge in [0.1, 0.15) is 15.6 Å². The fourth-order valence-corrected chi connectivity index (χ4v) is 2.95. The number of nitrogens with zero attached hydrogens (tertiary/aromatic N) is 1. The fraction of sp³-hybridized carbons (Fsp3) is 0.267. The maximum atomic E-state index is 12.1. The molecule has 0 aliphatic rings. The summed E-state index contributed by atoms with van der Waals surface area (Å²) < 4.78 is 5.16. The van der Waals surface area contributed by atoms with Gasteiger partial charge in [-0.15, -0.1) is 11.3 Å². The molecule has 1 amide bonds. The molecule has 2 aromatic rings. The van der Waals surface area contributed by atoms with Gasteiger partial charge in [-0.05, 0) is 18.6 Å². The highest BCUT2D eigenvalue weighted by Crippen LogP contribution is 2.24. The summed E-state index contributed by atoms with van der Waals surface area (Å²) in [5.41, 5.74) is 1.08. The van der Waals surface area contributed by atoms with Crippen LogP contribution in [0.25, 0.3) is 0 Å². The predicted molar refractivity (Wildman–Crippen MR) is 83.8 cm³/mol. The van der Waals surface area contributed by atoms with Gasteiger partial charge in [0.2, 0.25) is 5.91 Å². The summed E-state index contributed by atoms with van der Waals surface area (Å²) in [5.74, 6) is -0.709. The van der Waals surface area contributed by atoms with Gasteiger partial charge in [0.15, 0.2) is 0 Å². The number of hydrogen-bond donors (Lipinski definition) is 2. The number of carboxylic acids is 1. The van der Waals surface area contributed by atoms with Crippen LogP contribution in [0.2, 0.25) is 0 Å². The first kappa shape index (κ1) is 16.0. The minimum Gasteiger partial charge on any atom is -0.495 e. The number of aryl methyl sites for hydroxylation is 1. The van der Waals surface area contributed by atoms with Crippen molar-refractivity contribution < 1.29 is 19.4 Å². The lowest BCUT2D eigenvalue weighted by atomic mass is 10.2. The van der Waals surface area contributed by atoms with Crippen LogP contribution in [-0.2, 0) is 17.6 Å². The Morgan fingerprint density at radius 2 is 2.09 bits per heavy atom. The number of carbonyl (C=O) groups excluding carboxylic acids is 1. The second-order valence-corrected chi connectivity index (χ2v) is 5.55. The van der Waals surface area contributed by atoms with E-state index in [0.29, 0.717) is 28.6 Å². The third kappa shape index (κ3) is 3.62. The zero-order valence-electron chi connectivity index (χ0n) is 12.3. The van der Waals surface area contributed by atoms with Crippen molar-refractivity contribution in [3.8, 4) is 5.75 Å². The molecule has 2 rings (SSSR count). The predicted octanol–water partition coefficient (Wildman–Crippen LogP) is 2.59. The van der Waals surface area contributed by atoms with Crippen molar-refractivity contribution in [3.63, 3.8) is 0 Å². The van der Waals surface area contributed by atoms with Crippen molar-refractivity contribution >= 4 is 28.9 Å². The molecule has 22 heavy (non-hydrogen) atoms. The summed E-state index contributed by atoms with van der Waals surface area (Å²) in [5, 5.41) is 12.3. The number of anilines is 1. The summed E-state index contributed by atoms with van der Waals surface area (Å²) in [4.78, 5) is 27.6. The van der Waals surface area contributed by atoms with Crippen LogP contribution in [0.3, 0.4) is 0 Å². The van der Waals surface area contributed by atoms with Crippen molar-refractivity contribution in [2.24, 2.45) is 0 Å². The largest absolute Gasteiger partial charge is 0.495 e. The Morgan fingerprint density at radius 1 is 1.36 bits per heavy atom. The Morgan fingerprint density at radius 3 is 2.68 bits per heavy atom. The average Bonchev–Trinajstić information content (AvgIpc) is 2.90. The van der Waals surface area contributed by atoms with Crippen molar-refractivity contribution in [2.75, 3.05) is 12.4 Å². The highest BCUT2D eigenvalue weighted by molar-refractivity contribution is 7.13. The molecule has 1 heterocycles. The number of carboxylic acid groups (broad SMARTS) is 1. The average molecular weight is 320 g/mol. The lowest BCUT2D eigenvalue weighted by molar-refractivity contribution is -0.115. The number of thiazole rings is 1. The lowest BCUT2D eigenvalue weighted by Crippen LogP contribution is -2.14. The quantitative estimate of drug-likeness (QED) is 0.854. The number of methoxy groups -OCH3 is 1. The Labute approximate surface area is 131 Å². The van der Waals surface area contributed by atoms with Gasteiger partial charge in [0, 0.05) is 0 Å². The van der Waals surface area contributed by atoms with E-state index < -0.39 is 5.97 Å². The van der Waals surface area contributed by atoms with E-state index in [0.717, 1.165) is 11.3 Å². The van der Waals surface area contributed by atoms with Crippen molar-refractivity contribution in [2.45, 2.75) is 19.8 Å². The van der Waals surface area contributed by atoms with Gasteiger partial charge < -0.3 is 15.2 Å². The van der Waals surface area contributed by atoms with Gasteiger partial charge in [-0.25, -0.2) is 9.78 Å². The van der Waals surface area contributed by atoms with Crippen molar-refractivity contribution in [1.29, 1.82) is 0 Å². The Bertz CT molecular complexity index is 697. The summed E-state index contributed by atoms with van der Waals surface area (Å²) >= 11 is 1.04. The molecule has 6 nitrogen and oxygen atoms in total. The van der Waals surface area contributed by atoms with Crippen LogP contribution in [0, 0.1) is 0 Å². The minimum absolute atomic E-state index is 0.0307. The summed E-state index contributed by atoms with van der Waals surface area (Å²) in [7, 11) is 1.53. The number of para-hydroxylation sites is 2. The highest BCUT2D eigenvalue weighted by Gasteiger charge is 2.18. The van der Waals surface area contributed by atoms with Crippen LogP contribution in [0.15, 0.2) is 24.3 Å². The second kappa shape index (κ2) is 7.04. The standard InChI is InChI=1S/C15H16N2O4S/c1-3-9-14(15(19)20)22-13(17-9)8-12(18)16-10-6-4-5-7-11(10)21-2/h4-7H,3,8H2,1-2H3,(H,16,18)(H,19,20). The fourth-order valence-electron chi connectivity index (χ4n) is 1.96. The maximum absolute atomic E-state index is 12.1. The summed E-state index contributed by atoms with van der Waals surface area (Å²) in [6, 6.07) is 7.08. The number of ether oxygens (including phenoxy) is 1. The SMILES string of the molecule is CCc1nc(CC(=O)Nc2ccccc2OC)sc1C(=O)O. The Kier molecular flexibility index (Phi) is 5.11. The number of carbonyl (C=O) groups is 2.